The van der Waals surface area contributed by atoms with Crippen molar-refractivity contribution in [1.29, 1.82) is 0 Å². The average molecular weight is 286 g/mol. The Morgan fingerprint density at radius 1 is 1.32 bits per heavy atom. The Morgan fingerprint density at radius 3 is 2.21 bits per heavy atom. The maximum atomic E-state index is 12.3. The fourth-order valence-electron chi connectivity index (χ4n) is 1.51. The molecule has 7 heteroatoms. The molecule has 106 valence electrons. The lowest BCUT2D eigenvalue weighted by Crippen LogP contribution is -2.41. The summed E-state index contributed by atoms with van der Waals surface area (Å²) in [5.74, 6) is -1.11. The molecular formula is C12H18N2O4S. The number of nitrogens with two attached hydrogens (primary N) is 1. The molecule has 1 aromatic rings. The van der Waals surface area contributed by atoms with Gasteiger partial charge in [-0.2, -0.15) is 0 Å². The number of hydrogen-bond donors (Lipinski definition) is 2. The zero-order valence-corrected chi connectivity index (χ0v) is 12.2. The second kappa shape index (κ2) is 4.73. The highest BCUT2D eigenvalue weighted by Gasteiger charge is 2.34. The first-order valence-corrected chi connectivity index (χ1v) is 7.04. The average Bonchev–Trinajstić information content (AvgIpc) is 2.26. The van der Waals surface area contributed by atoms with Crippen molar-refractivity contribution in [3.63, 3.8) is 0 Å². The Labute approximate surface area is 112 Å². The molecule has 0 aliphatic rings. The third-order valence-electron chi connectivity index (χ3n) is 2.75. The molecule has 0 aliphatic heterocycles. The van der Waals surface area contributed by atoms with E-state index in [0.717, 1.165) is 4.31 Å². The van der Waals surface area contributed by atoms with Gasteiger partial charge in [0.15, 0.2) is 0 Å². The lowest BCUT2D eigenvalue weighted by atomic mass is 10.2. The normalized spacial score (nSPS) is 12.2. The molecule has 6 nitrogen and oxygen atoms in total. The van der Waals surface area contributed by atoms with Crippen LogP contribution in [0.15, 0.2) is 18.2 Å². The number of nitrogens with zero attached hydrogens (tertiary/aromatic N) is 1. The number of anilines is 2. The smallest absolute Gasteiger partial charge is 0.335 e. The van der Waals surface area contributed by atoms with Gasteiger partial charge in [-0.3, -0.25) is 4.31 Å². The molecule has 0 fully saturated rings. The van der Waals surface area contributed by atoms with Gasteiger partial charge in [-0.05, 0) is 39.0 Å². The Balaban J connectivity index is 3.29. The number of aromatic carboxylic acids is 1. The van der Waals surface area contributed by atoms with E-state index in [9.17, 15) is 13.2 Å². The predicted octanol–water partition coefficient (Wildman–Crippen LogP) is 1.53. The van der Waals surface area contributed by atoms with Crippen molar-refractivity contribution < 1.29 is 18.3 Å². The second-order valence-corrected chi connectivity index (χ2v) is 7.89. The molecule has 0 radical (unpaired) electrons. The van der Waals surface area contributed by atoms with Crippen molar-refractivity contribution in [3.05, 3.63) is 23.8 Å². The molecule has 0 saturated carbocycles. The van der Waals surface area contributed by atoms with E-state index in [1.54, 1.807) is 20.8 Å². The Bertz CT molecular complexity index is 603. The molecule has 3 N–H and O–H groups in total. The molecule has 1 rings (SSSR count). The van der Waals surface area contributed by atoms with E-state index >= 15 is 0 Å². The summed E-state index contributed by atoms with van der Waals surface area (Å²) in [7, 11) is -2.18. The maximum Gasteiger partial charge on any atom is 0.335 e. The predicted molar refractivity (Wildman–Crippen MR) is 74.9 cm³/mol. The van der Waals surface area contributed by atoms with Crippen molar-refractivity contribution in [2.75, 3.05) is 17.1 Å². The zero-order valence-electron chi connectivity index (χ0n) is 11.3. The molecule has 0 saturated heterocycles. The highest BCUT2D eigenvalue weighted by molar-refractivity contribution is 7.94. The molecule has 0 aliphatic carbocycles. The number of hydrogen-bond acceptors (Lipinski definition) is 4. The van der Waals surface area contributed by atoms with Crippen LogP contribution in [0, 0.1) is 0 Å². The van der Waals surface area contributed by atoms with Crippen LogP contribution in [-0.2, 0) is 10.0 Å². The van der Waals surface area contributed by atoms with E-state index in [4.69, 9.17) is 10.8 Å². The molecule has 0 amide bonds. The van der Waals surface area contributed by atoms with E-state index < -0.39 is 20.7 Å². The molecular weight excluding hydrogens is 268 g/mol. The minimum absolute atomic E-state index is 0.0165. The van der Waals surface area contributed by atoms with Crippen LogP contribution in [-0.4, -0.2) is 31.3 Å². The van der Waals surface area contributed by atoms with Gasteiger partial charge in [-0.25, -0.2) is 13.2 Å². The van der Waals surface area contributed by atoms with Crippen LogP contribution in [0.5, 0.6) is 0 Å². The first-order chi connectivity index (χ1) is 8.48. The van der Waals surface area contributed by atoms with Crippen molar-refractivity contribution in [2.45, 2.75) is 25.5 Å². The van der Waals surface area contributed by atoms with Crippen molar-refractivity contribution >= 4 is 27.4 Å². The number of carboxylic acid groups (broad SMARTS) is 1. The minimum Gasteiger partial charge on any atom is -0.478 e. The van der Waals surface area contributed by atoms with Crippen LogP contribution in [0.25, 0.3) is 0 Å². The van der Waals surface area contributed by atoms with Gasteiger partial charge in [-0.15, -0.1) is 0 Å². The van der Waals surface area contributed by atoms with Crippen LogP contribution < -0.4 is 10.0 Å². The Kier molecular flexibility index (Phi) is 3.81. The Morgan fingerprint density at radius 2 is 1.84 bits per heavy atom. The molecule has 1 aromatic carbocycles. The summed E-state index contributed by atoms with van der Waals surface area (Å²) >= 11 is 0. The third kappa shape index (κ3) is 2.81. The molecule has 0 heterocycles. The van der Waals surface area contributed by atoms with Crippen LogP contribution in [0.1, 0.15) is 31.1 Å². The number of carboxylic acids is 1. The summed E-state index contributed by atoms with van der Waals surface area (Å²) in [5, 5.41) is 8.84. The topological polar surface area (TPSA) is 101 Å². The fourth-order valence-corrected chi connectivity index (χ4v) is 2.76. The molecule has 0 unspecified atom stereocenters. The monoisotopic (exact) mass is 286 g/mol. The SMILES string of the molecule is CN(c1ccc(C(=O)O)cc1N)S(=O)(=O)C(C)(C)C. The standard InChI is InChI=1S/C12H18N2O4S/c1-12(2,3)19(17,18)14(4)10-6-5-8(11(15)16)7-9(10)13/h5-7H,13H2,1-4H3,(H,15,16). The number of benzene rings is 1. The summed E-state index contributed by atoms with van der Waals surface area (Å²) in [6, 6.07) is 3.96. The summed E-state index contributed by atoms with van der Waals surface area (Å²) in [4.78, 5) is 10.8. The van der Waals surface area contributed by atoms with Crippen molar-refractivity contribution in [2.24, 2.45) is 0 Å². The van der Waals surface area contributed by atoms with E-state index in [-0.39, 0.29) is 16.9 Å². The number of carbonyl (C=O) groups is 1. The van der Waals surface area contributed by atoms with Gasteiger partial charge in [0.05, 0.1) is 21.7 Å². The third-order valence-corrected chi connectivity index (χ3v) is 5.21. The van der Waals surface area contributed by atoms with Gasteiger partial charge in [0, 0.05) is 7.05 Å². The first-order valence-electron chi connectivity index (χ1n) is 5.60. The molecule has 0 spiro atoms. The van der Waals surface area contributed by atoms with Gasteiger partial charge in [0.1, 0.15) is 0 Å². The van der Waals surface area contributed by atoms with Crippen LogP contribution in [0.3, 0.4) is 0 Å². The van der Waals surface area contributed by atoms with Gasteiger partial charge >= 0.3 is 5.97 Å². The minimum atomic E-state index is -3.58. The highest BCUT2D eigenvalue weighted by atomic mass is 32.2. The highest BCUT2D eigenvalue weighted by Crippen LogP contribution is 2.30. The van der Waals surface area contributed by atoms with E-state index in [1.807, 2.05) is 0 Å². The maximum absolute atomic E-state index is 12.3. The van der Waals surface area contributed by atoms with Crippen molar-refractivity contribution in [3.8, 4) is 0 Å². The quantitative estimate of drug-likeness (QED) is 0.821. The van der Waals surface area contributed by atoms with Gasteiger partial charge < -0.3 is 10.8 Å². The number of sulfonamides is 1. The summed E-state index contributed by atoms with van der Waals surface area (Å²) < 4.78 is 24.7. The molecule has 0 bridgehead atoms. The molecule has 0 aromatic heterocycles. The van der Waals surface area contributed by atoms with E-state index in [2.05, 4.69) is 0 Å². The zero-order chi connectivity index (χ0) is 15.0. The second-order valence-electron chi connectivity index (χ2n) is 5.16. The van der Waals surface area contributed by atoms with Gasteiger partial charge in [0.25, 0.3) is 0 Å². The number of nitrogen functional groups attached to an aromatic ring is 1. The summed E-state index contributed by atoms with van der Waals surface area (Å²) in [6.07, 6.45) is 0. The van der Waals surface area contributed by atoms with Crippen LogP contribution in [0.2, 0.25) is 0 Å². The lowest BCUT2D eigenvalue weighted by molar-refractivity contribution is 0.0697. The van der Waals surface area contributed by atoms with E-state index in [0.29, 0.717) is 0 Å². The summed E-state index contributed by atoms with van der Waals surface area (Å²) in [5.41, 5.74) is 6.12. The fraction of sp³-hybridized carbons (Fsp3) is 0.417. The van der Waals surface area contributed by atoms with Crippen molar-refractivity contribution in [1.82, 2.24) is 0 Å². The van der Waals surface area contributed by atoms with Gasteiger partial charge in [-0.1, -0.05) is 0 Å². The summed E-state index contributed by atoms with van der Waals surface area (Å²) in [6.45, 7) is 4.75. The van der Waals surface area contributed by atoms with Crippen LogP contribution in [0.4, 0.5) is 11.4 Å². The number of rotatable bonds is 3. The van der Waals surface area contributed by atoms with E-state index in [1.165, 1.54) is 25.2 Å². The Hall–Kier alpha value is -1.76. The first kappa shape index (κ1) is 15.3. The van der Waals surface area contributed by atoms with Crippen LogP contribution >= 0.6 is 0 Å². The van der Waals surface area contributed by atoms with Gasteiger partial charge in [0.2, 0.25) is 10.0 Å². The molecule has 19 heavy (non-hydrogen) atoms. The largest absolute Gasteiger partial charge is 0.478 e. The molecule has 0 atom stereocenters. The lowest BCUT2D eigenvalue weighted by Gasteiger charge is -2.29.